The van der Waals surface area contributed by atoms with Gasteiger partial charge in [0.15, 0.2) is 17.1 Å². The first kappa shape index (κ1) is 15.6. The molecular formula is C18H15NO5. The Morgan fingerprint density at radius 1 is 1.21 bits per heavy atom. The molecule has 3 aromatic rings. The van der Waals surface area contributed by atoms with Crippen molar-refractivity contribution in [3.8, 4) is 11.5 Å². The van der Waals surface area contributed by atoms with E-state index in [1.807, 2.05) is 12.1 Å². The smallest absolute Gasteiger partial charge is 0.343 e. The minimum atomic E-state index is -0.586. The van der Waals surface area contributed by atoms with Gasteiger partial charge in [-0.3, -0.25) is 0 Å². The average Bonchev–Trinajstić information content (AvgIpc) is 2.99. The molecule has 0 unspecified atom stereocenters. The maximum Gasteiger partial charge on any atom is 0.343 e. The van der Waals surface area contributed by atoms with E-state index in [2.05, 4.69) is 4.98 Å². The predicted octanol–water partition coefficient (Wildman–Crippen LogP) is 3.34. The fourth-order valence-corrected chi connectivity index (χ4v) is 2.20. The first-order chi connectivity index (χ1) is 11.6. The average molecular weight is 325 g/mol. The molecule has 0 spiro atoms. The normalized spacial score (nSPS) is 11.6. The van der Waals surface area contributed by atoms with Crippen molar-refractivity contribution in [3.63, 3.8) is 0 Å². The number of benzene rings is 2. The molecule has 2 N–H and O–H groups in total. The standard InChI is InChI=1S/C18H15NO5/c1-2-23-18(22)12(9-11-7-8-14(20)15(21)10-11)17-19-13-5-3-4-6-16(13)24-17/h3-10,20-21H,2H2,1H3/b12-9-. The second-order valence-electron chi connectivity index (χ2n) is 5.01. The van der Waals surface area contributed by atoms with Gasteiger partial charge in [-0.25, -0.2) is 9.78 Å². The molecule has 1 heterocycles. The summed E-state index contributed by atoms with van der Waals surface area (Å²) in [6.45, 7) is 1.91. The van der Waals surface area contributed by atoms with Crippen LogP contribution in [0, 0.1) is 0 Å². The van der Waals surface area contributed by atoms with E-state index in [0.717, 1.165) is 0 Å². The van der Waals surface area contributed by atoms with Crippen LogP contribution in [0.15, 0.2) is 46.9 Å². The maximum atomic E-state index is 12.3. The molecule has 122 valence electrons. The van der Waals surface area contributed by atoms with Gasteiger partial charge in [0.2, 0.25) is 5.89 Å². The van der Waals surface area contributed by atoms with Crippen LogP contribution in [0.25, 0.3) is 22.7 Å². The van der Waals surface area contributed by atoms with E-state index in [0.29, 0.717) is 16.7 Å². The van der Waals surface area contributed by atoms with Gasteiger partial charge in [-0.15, -0.1) is 0 Å². The molecule has 2 aromatic carbocycles. The Morgan fingerprint density at radius 3 is 2.71 bits per heavy atom. The van der Waals surface area contributed by atoms with E-state index < -0.39 is 5.97 Å². The van der Waals surface area contributed by atoms with Crippen LogP contribution in [-0.2, 0) is 9.53 Å². The molecule has 0 aliphatic carbocycles. The van der Waals surface area contributed by atoms with Gasteiger partial charge in [0.25, 0.3) is 0 Å². The number of carbonyl (C=O) groups is 1. The van der Waals surface area contributed by atoms with Crippen LogP contribution in [-0.4, -0.2) is 27.8 Å². The van der Waals surface area contributed by atoms with Crippen LogP contribution in [0.3, 0.4) is 0 Å². The molecule has 3 rings (SSSR count). The van der Waals surface area contributed by atoms with Gasteiger partial charge in [0.05, 0.1) is 6.61 Å². The summed E-state index contributed by atoms with van der Waals surface area (Å²) in [4.78, 5) is 16.6. The fraction of sp³-hybridized carbons (Fsp3) is 0.111. The number of phenols is 2. The number of nitrogens with zero attached hydrogens (tertiary/aromatic N) is 1. The van der Waals surface area contributed by atoms with Gasteiger partial charge in [0, 0.05) is 0 Å². The van der Waals surface area contributed by atoms with Crippen LogP contribution < -0.4 is 0 Å². The summed E-state index contributed by atoms with van der Waals surface area (Å²) in [5, 5.41) is 19.0. The van der Waals surface area contributed by atoms with Crippen molar-refractivity contribution in [2.45, 2.75) is 6.92 Å². The van der Waals surface area contributed by atoms with Crippen molar-refractivity contribution in [2.24, 2.45) is 0 Å². The monoisotopic (exact) mass is 325 g/mol. The molecule has 6 heteroatoms. The third-order valence-corrected chi connectivity index (χ3v) is 3.33. The van der Waals surface area contributed by atoms with Gasteiger partial charge in [0.1, 0.15) is 11.1 Å². The van der Waals surface area contributed by atoms with E-state index >= 15 is 0 Å². The van der Waals surface area contributed by atoms with Crippen molar-refractivity contribution in [2.75, 3.05) is 6.61 Å². The minimum Gasteiger partial charge on any atom is -0.504 e. The number of oxazole rings is 1. The van der Waals surface area contributed by atoms with Crippen molar-refractivity contribution in [1.82, 2.24) is 4.98 Å². The number of phenolic OH excluding ortho intramolecular Hbond substituents is 2. The Balaban J connectivity index is 2.10. The lowest BCUT2D eigenvalue weighted by Crippen LogP contribution is -2.07. The fourth-order valence-electron chi connectivity index (χ4n) is 2.20. The zero-order valence-corrected chi connectivity index (χ0v) is 12.9. The van der Waals surface area contributed by atoms with Crippen LogP contribution in [0.5, 0.6) is 11.5 Å². The third-order valence-electron chi connectivity index (χ3n) is 3.33. The highest BCUT2D eigenvalue weighted by Crippen LogP contribution is 2.28. The zero-order valence-electron chi connectivity index (χ0n) is 12.9. The lowest BCUT2D eigenvalue weighted by atomic mass is 10.1. The summed E-state index contributed by atoms with van der Waals surface area (Å²) in [5.74, 6) is -0.991. The van der Waals surface area contributed by atoms with Crippen molar-refractivity contribution in [1.29, 1.82) is 0 Å². The Bertz CT molecular complexity index is 893. The van der Waals surface area contributed by atoms with Gasteiger partial charge >= 0.3 is 5.97 Å². The largest absolute Gasteiger partial charge is 0.504 e. The van der Waals surface area contributed by atoms with E-state index in [1.165, 1.54) is 18.2 Å². The number of hydrogen-bond donors (Lipinski definition) is 2. The van der Waals surface area contributed by atoms with Crippen molar-refractivity contribution in [3.05, 3.63) is 53.9 Å². The molecule has 6 nitrogen and oxygen atoms in total. The molecule has 0 saturated heterocycles. The Labute approximate surface area is 137 Å². The zero-order chi connectivity index (χ0) is 17.1. The highest BCUT2D eigenvalue weighted by atomic mass is 16.5. The first-order valence-electron chi connectivity index (χ1n) is 7.35. The van der Waals surface area contributed by atoms with E-state index in [1.54, 1.807) is 25.1 Å². The lowest BCUT2D eigenvalue weighted by molar-refractivity contribution is -0.136. The van der Waals surface area contributed by atoms with E-state index in [-0.39, 0.29) is 29.6 Å². The Morgan fingerprint density at radius 2 is 2.00 bits per heavy atom. The molecule has 0 saturated carbocycles. The van der Waals surface area contributed by atoms with Crippen molar-refractivity contribution >= 4 is 28.7 Å². The summed E-state index contributed by atoms with van der Waals surface area (Å²) in [6.07, 6.45) is 1.49. The highest BCUT2D eigenvalue weighted by molar-refractivity contribution is 6.20. The number of hydrogen-bond acceptors (Lipinski definition) is 6. The summed E-state index contributed by atoms with van der Waals surface area (Å²) in [6, 6.07) is 11.4. The number of fused-ring (bicyclic) bond motifs is 1. The van der Waals surface area contributed by atoms with Crippen LogP contribution >= 0.6 is 0 Å². The summed E-state index contributed by atoms with van der Waals surface area (Å²) < 4.78 is 10.7. The van der Waals surface area contributed by atoms with Gasteiger partial charge in [-0.2, -0.15) is 0 Å². The van der Waals surface area contributed by atoms with Crippen LogP contribution in [0.1, 0.15) is 18.4 Å². The number of aromatic hydroxyl groups is 2. The number of esters is 1. The predicted molar refractivity (Wildman–Crippen MR) is 88.3 cm³/mol. The summed E-state index contributed by atoms with van der Waals surface area (Å²) >= 11 is 0. The molecule has 1 aromatic heterocycles. The third kappa shape index (κ3) is 3.08. The number of para-hydroxylation sites is 2. The molecule has 0 aliphatic heterocycles. The lowest BCUT2D eigenvalue weighted by Gasteiger charge is -2.04. The quantitative estimate of drug-likeness (QED) is 0.434. The topological polar surface area (TPSA) is 92.8 Å². The number of rotatable bonds is 4. The second kappa shape index (κ2) is 6.45. The number of carbonyl (C=O) groups excluding carboxylic acids is 1. The van der Waals surface area contributed by atoms with Gasteiger partial charge in [-0.05, 0) is 42.8 Å². The maximum absolute atomic E-state index is 12.3. The summed E-state index contributed by atoms with van der Waals surface area (Å²) in [5.41, 5.74) is 1.79. The van der Waals surface area contributed by atoms with Crippen LogP contribution in [0.2, 0.25) is 0 Å². The Kier molecular flexibility index (Phi) is 4.20. The van der Waals surface area contributed by atoms with E-state index in [4.69, 9.17) is 9.15 Å². The van der Waals surface area contributed by atoms with E-state index in [9.17, 15) is 15.0 Å². The minimum absolute atomic E-state index is 0.123. The highest BCUT2D eigenvalue weighted by Gasteiger charge is 2.20. The molecule has 0 atom stereocenters. The van der Waals surface area contributed by atoms with Gasteiger partial charge in [-0.1, -0.05) is 18.2 Å². The number of ether oxygens (including phenoxy) is 1. The number of aromatic nitrogens is 1. The first-order valence-corrected chi connectivity index (χ1v) is 7.35. The van der Waals surface area contributed by atoms with Gasteiger partial charge < -0.3 is 19.4 Å². The Hall–Kier alpha value is -3.28. The second-order valence-corrected chi connectivity index (χ2v) is 5.01. The molecular weight excluding hydrogens is 310 g/mol. The molecule has 0 amide bonds. The SMILES string of the molecule is CCOC(=O)/C(=C\c1ccc(O)c(O)c1)c1nc2ccccc2o1. The molecule has 0 bridgehead atoms. The van der Waals surface area contributed by atoms with Crippen molar-refractivity contribution < 1.29 is 24.2 Å². The molecule has 0 aliphatic rings. The molecule has 24 heavy (non-hydrogen) atoms. The summed E-state index contributed by atoms with van der Waals surface area (Å²) in [7, 11) is 0. The molecule has 0 fully saturated rings. The molecule has 0 radical (unpaired) electrons. The van der Waals surface area contributed by atoms with Crippen LogP contribution in [0.4, 0.5) is 0 Å².